The zero-order chi connectivity index (χ0) is 16.4. The third-order valence-electron chi connectivity index (χ3n) is 3.14. The monoisotopic (exact) mass is 313 g/mol. The molecule has 0 saturated heterocycles. The summed E-state index contributed by atoms with van der Waals surface area (Å²) in [6.07, 6.45) is 1.42. The van der Waals surface area contributed by atoms with Crippen molar-refractivity contribution in [3.63, 3.8) is 0 Å². The number of rotatable bonds is 4. The molecule has 0 aliphatic heterocycles. The van der Waals surface area contributed by atoms with Crippen molar-refractivity contribution >= 4 is 11.9 Å². The maximum absolute atomic E-state index is 11.6. The molecule has 3 rings (SSSR count). The quantitative estimate of drug-likeness (QED) is 0.734. The first-order chi connectivity index (χ1) is 11.1. The fourth-order valence-corrected chi connectivity index (χ4v) is 2.12. The molecular formula is C15H11N3O5. The number of esters is 1. The molecule has 8 nitrogen and oxygen atoms in total. The molecule has 0 aliphatic carbocycles. The van der Waals surface area contributed by atoms with Gasteiger partial charge >= 0.3 is 11.9 Å². The molecule has 8 heteroatoms. The van der Waals surface area contributed by atoms with E-state index in [0.717, 1.165) is 0 Å². The lowest BCUT2D eigenvalue weighted by molar-refractivity contribution is 0.0599. The number of ether oxygens (including phenoxy) is 1. The van der Waals surface area contributed by atoms with Gasteiger partial charge in [0, 0.05) is 0 Å². The Labute approximate surface area is 129 Å². The molecule has 1 N–H and O–H groups in total. The standard InChI is InChI=1S/C15H11N3O5/c1-22-15(21)9-4-2-5-10(8-9)18-13(11-6-3-7-23-11)12(14(19)20)16-17-18/h2-8H,1H3,(H,19,20). The van der Waals surface area contributed by atoms with Gasteiger partial charge in [0.25, 0.3) is 0 Å². The number of carboxylic acids is 1. The van der Waals surface area contributed by atoms with Crippen LogP contribution in [0.4, 0.5) is 0 Å². The predicted molar refractivity (Wildman–Crippen MR) is 77.4 cm³/mol. The number of aromatic carboxylic acids is 1. The number of benzene rings is 1. The minimum Gasteiger partial charge on any atom is -0.476 e. The van der Waals surface area contributed by atoms with Crippen molar-refractivity contribution in [1.29, 1.82) is 0 Å². The smallest absolute Gasteiger partial charge is 0.358 e. The van der Waals surface area contributed by atoms with E-state index < -0.39 is 11.9 Å². The Kier molecular flexibility index (Phi) is 3.63. The third-order valence-corrected chi connectivity index (χ3v) is 3.14. The molecule has 0 bridgehead atoms. The molecule has 0 aliphatic rings. The molecule has 0 unspecified atom stereocenters. The van der Waals surface area contributed by atoms with E-state index in [1.807, 2.05) is 0 Å². The average molecular weight is 313 g/mol. The molecule has 116 valence electrons. The van der Waals surface area contributed by atoms with Gasteiger partial charge in [-0.2, -0.15) is 0 Å². The summed E-state index contributed by atoms with van der Waals surface area (Å²) in [5, 5.41) is 16.8. The number of carbonyl (C=O) groups excluding carboxylic acids is 1. The number of hydrogen-bond donors (Lipinski definition) is 1. The molecule has 23 heavy (non-hydrogen) atoms. The molecule has 3 aromatic rings. The molecule has 0 fully saturated rings. The van der Waals surface area contributed by atoms with E-state index in [-0.39, 0.29) is 11.4 Å². The maximum atomic E-state index is 11.6. The Balaban J connectivity index is 2.18. The average Bonchev–Trinajstić information content (AvgIpc) is 3.22. The van der Waals surface area contributed by atoms with Gasteiger partial charge in [-0.05, 0) is 30.3 Å². The lowest BCUT2D eigenvalue weighted by Crippen LogP contribution is -2.05. The zero-order valence-corrected chi connectivity index (χ0v) is 12.0. The van der Waals surface area contributed by atoms with Crippen LogP contribution >= 0.6 is 0 Å². The van der Waals surface area contributed by atoms with Crippen LogP contribution in [0.15, 0.2) is 47.1 Å². The number of furan rings is 1. The van der Waals surface area contributed by atoms with Gasteiger partial charge in [0.2, 0.25) is 5.69 Å². The Morgan fingerprint density at radius 3 is 2.74 bits per heavy atom. The van der Waals surface area contributed by atoms with Gasteiger partial charge in [0.1, 0.15) is 5.69 Å². The first kappa shape index (κ1) is 14.5. The van der Waals surface area contributed by atoms with Crippen LogP contribution in [0.2, 0.25) is 0 Å². The number of hydrogen-bond acceptors (Lipinski definition) is 6. The highest BCUT2D eigenvalue weighted by atomic mass is 16.5. The van der Waals surface area contributed by atoms with Gasteiger partial charge in [0.05, 0.1) is 24.6 Å². The van der Waals surface area contributed by atoms with E-state index in [1.165, 1.54) is 24.1 Å². The molecule has 0 atom stereocenters. The molecule has 0 amide bonds. The third kappa shape index (κ3) is 2.57. The molecule has 1 aromatic carbocycles. The van der Waals surface area contributed by atoms with Gasteiger partial charge in [-0.3, -0.25) is 0 Å². The Bertz CT molecular complexity index is 867. The lowest BCUT2D eigenvalue weighted by Gasteiger charge is -2.06. The maximum Gasteiger partial charge on any atom is 0.358 e. The number of nitrogens with zero attached hydrogens (tertiary/aromatic N) is 3. The van der Waals surface area contributed by atoms with Crippen LogP contribution in [0.5, 0.6) is 0 Å². The molecule has 0 radical (unpaired) electrons. The highest BCUT2D eigenvalue weighted by Gasteiger charge is 2.23. The fraction of sp³-hybridized carbons (Fsp3) is 0.0667. The van der Waals surface area contributed by atoms with Gasteiger partial charge in [0.15, 0.2) is 5.76 Å². The number of aromatic nitrogens is 3. The van der Waals surface area contributed by atoms with Gasteiger partial charge in [-0.1, -0.05) is 11.3 Å². The van der Waals surface area contributed by atoms with Crippen LogP contribution in [0, 0.1) is 0 Å². The van der Waals surface area contributed by atoms with Crippen LogP contribution in [-0.4, -0.2) is 39.1 Å². The van der Waals surface area contributed by atoms with E-state index in [0.29, 0.717) is 17.0 Å². The summed E-state index contributed by atoms with van der Waals surface area (Å²) in [6.45, 7) is 0. The first-order valence-electron chi connectivity index (χ1n) is 6.53. The van der Waals surface area contributed by atoms with Gasteiger partial charge in [-0.15, -0.1) is 5.10 Å². The van der Waals surface area contributed by atoms with E-state index in [4.69, 9.17) is 4.42 Å². The summed E-state index contributed by atoms with van der Waals surface area (Å²) in [4.78, 5) is 23.0. The van der Waals surface area contributed by atoms with E-state index in [2.05, 4.69) is 15.0 Å². The first-order valence-corrected chi connectivity index (χ1v) is 6.53. The molecule has 2 heterocycles. The topological polar surface area (TPSA) is 107 Å². The minimum atomic E-state index is -1.23. The highest BCUT2D eigenvalue weighted by Crippen LogP contribution is 2.26. The van der Waals surface area contributed by atoms with Crippen molar-refractivity contribution in [2.45, 2.75) is 0 Å². The second kappa shape index (κ2) is 5.76. The Morgan fingerprint density at radius 2 is 2.09 bits per heavy atom. The van der Waals surface area contributed by atoms with Crippen molar-refractivity contribution in [1.82, 2.24) is 15.0 Å². The Hall–Kier alpha value is -3.42. The lowest BCUT2D eigenvalue weighted by atomic mass is 10.2. The van der Waals surface area contributed by atoms with Crippen LogP contribution < -0.4 is 0 Å². The zero-order valence-electron chi connectivity index (χ0n) is 12.0. The van der Waals surface area contributed by atoms with Crippen LogP contribution in [0.1, 0.15) is 20.8 Å². The number of carbonyl (C=O) groups is 2. The van der Waals surface area contributed by atoms with E-state index in [1.54, 1.807) is 30.3 Å². The highest BCUT2D eigenvalue weighted by molar-refractivity contribution is 5.92. The summed E-state index contributed by atoms with van der Waals surface area (Å²) in [5.74, 6) is -1.44. The molecule has 0 spiro atoms. The largest absolute Gasteiger partial charge is 0.476 e. The summed E-state index contributed by atoms with van der Waals surface area (Å²) in [6, 6.07) is 9.64. The summed E-state index contributed by atoms with van der Waals surface area (Å²) in [7, 11) is 1.28. The van der Waals surface area contributed by atoms with E-state index in [9.17, 15) is 14.7 Å². The van der Waals surface area contributed by atoms with Crippen molar-refractivity contribution in [3.05, 3.63) is 53.9 Å². The molecule has 0 saturated carbocycles. The number of methoxy groups -OCH3 is 1. The normalized spacial score (nSPS) is 10.5. The Morgan fingerprint density at radius 1 is 1.26 bits per heavy atom. The van der Waals surface area contributed by atoms with Gasteiger partial charge < -0.3 is 14.3 Å². The second-order valence-corrected chi connectivity index (χ2v) is 4.52. The predicted octanol–water partition coefficient (Wildman–Crippen LogP) is 2.01. The fourth-order valence-electron chi connectivity index (χ4n) is 2.12. The van der Waals surface area contributed by atoms with Gasteiger partial charge in [-0.25, -0.2) is 14.3 Å². The SMILES string of the molecule is COC(=O)c1cccc(-n2nnc(C(=O)O)c2-c2ccco2)c1. The summed E-state index contributed by atoms with van der Waals surface area (Å²) >= 11 is 0. The molecular weight excluding hydrogens is 302 g/mol. The van der Waals surface area contributed by atoms with Crippen molar-refractivity contribution in [2.24, 2.45) is 0 Å². The van der Waals surface area contributed by atoms with Crippen molar-refractivity contribution < 1.29 is 23.8 Å². The van der Waals surface area contributed by atoms with E-state index >= 15 is 0 Å². The minimum absolute atomic E-state index is 0.185. The van der Waals surface area contributed by atoms with Crippen LogP contribution in [0.3, 0.4) is 0 Å². The van der Waals surface area contributed by atoms with Crippen LogP contribution in [-0.2, 0) is 4.74 Å². The summed E-state index contributed by atoms with van der Waals surface area (Å²) in [5.41, 5.74) is 0.704. The molecule has 2 aromatic heterocycles. The van der Waals surface area contributed by atoms with Crippen molar-refractivity contribution in [2.75, 3.05) is 7.11 Å². The van der Waals surface area contributed by atoms with Crippen LogP contribution in [0.25, 0.3) is 17.1 Å². The second-order valence-electron chi connectivity index (χ2n) is 4.52. The summed E-state index contributed by atoms with van der Waals surface area (Å²) < 4.78 is 11.3. The van der Waals surface area contributed by atoms with Crippen molar-refractivity contribution in [3.8, 4) is 17.1 Å². The number of carboxylic acid groups (broad SMARTS) is 1.